The van der Waals surface area contributed by atoms with Crippen LogP contribution >= 0.6 is 0 Å². The Balaban J connectivity index is 1.69. The molecule has 10 heteroatoms. The first-order chi connectivity index (χ1) is 14.8. The lowest BCUT2D eigenvalue weighted by atomic mass is 9.92. The van der Waals surface area contributed by atoms with Gasteiger partial charge >= 0.3 is 5.97 Å². The molecule has 166 valence electrons. The lowest BCUT2D eigenvalue weighted by Gasteiger charge is -2.29. The monoisotopic (exact) mass is 429 g/mol. The average Bonchev–Trinajstić information content (AvgIpc) is 3.38. The number of nitrogen functional groups attached to an aromatic ring is 1. The maximum atomic E-state index is 12.4. The van der Waals surface area contributed by atoms with Crippen LogP contribution in [0.1, 0.15) is 46.2 Å². The summed E-state index contributed by atoms with van der Waals surface area (Å²) in [4.78, 5) is 16.4. The highest BCUT2D eigenvalue weighted by molar-refractivity contribution is 5.72. The lowest BCUT2D eigenvalue weighted by molar-refractivity contribution is -0.207. The molecule has 4 heterocycles. The minimum atomic E-state index is -1.53. The Hall–Kier alpha value is -2.74. The molecule has 2 fully saturated rings. The molecule has 0 bridgehead atoms. The molecule has 0 radical (unpaired) electrons. The zero-order valence-electron chi connectivity index (χ0n) is 18.1. The van der Waals surface area contributed by atoms with Gasteiger partial charge in [0.1, 0.15) is 42.8 Å². The van der Waals surface area contributed by atoms with Crippen molar-refractivity contribution in [1.29, 1.82) is 5.26 Å². The number of nitrogens with two attached hydrogens (primary N) is 1. The molecule has 2 N–H and O–H groups in total. The number of nitrogens with zero attached hydrogens (tertiary/aromatic N) is 4. The van der Waals surface area contributed by atoms with Crippen LogP contribution in [0, 0.1) is 17.2 Å². The predicted octanol–water partition coefficient (Wildman–Crippen LogP) is 1.93. The summed E-state index contributed by atoms with van der Waals surface area (Å²) in [6.45, 7) is 7.40. The molecule has 4 rings (SSSR count). The molecule has 0 saturated carbocycles. The molecule has 4 atom stereocenters. The fraction of sp³-hybridized carbons (Fsp3) is 0.619. The van der Waals surface area contributed by atoms with E-state index < -0.39 is 29.7 Å². The van der Waals surface area contributed by atoms with Crippen molar-refractivity contribution >= 4 is 17.3 Å². The molecule has 31 heavy (non-hydrogen) atoms. The summed E-state index contributed by atoms with van der Waals surface area (Å²) in [5.74, 6) is -1.11. The summed E-state index contributed by atoms with van der Waals surface area (Å²) >= 11 is 0. The summed E-state index contributed by atoms with van der Waals surface area (Å²) < 4.78 is 25.5. The largest absolute Gasteiger partial charge is 0.463 e. The molecule has 2 saturated heterocycles. The third-order valence-corrected chi connectivity index (χ3v) is 5.97. The van der Waals surface area contributed by atoms with Crippen LogP contribution in [-0.4, -0.2) is 51.3 Å². The second-order valence-corrected chi connectivity index (χ2v) is 8.33. The Morgan fingerprint density at radius 3 is 2.74 bits per heavy atom. The average molecular weight is 429 g/mol. The number of carbonyl (C=O) groups excluding carboxylic acids is 1. The zero-order valence-corrected chi connectivity index (χ0v) is 18.1. The number of nitriles is 1. The number of ether oxygens (including phenoxy) is 4. The molecule has 0 amide bonds. The lowest BCUT2D eigenvalue weighted by Crippen LogP contribution is -2.40. The van der Waals surface area contributed by atoms with Gasteiger partial charge in [-0.1, -0.05) is 13.8 Å². The minimum Gasteiger partial charge on any atom is -0.463 e. The van der Waals surface area contributed by atoms with E-state index >= 15 is 0 Å². The van der Waals surface area contributed by atoms with Crippen LogP contribution < -0.4 is 5.73 Å². The first-order valence-corrected chi connectivity index (χ1v) is 10.5. The van der Waals surface area contributed by atoms with Crippen LogP contribution in [0.15, 0.2) is 18.5 Å². The Morgan fingerprint density at radius 2 is 2.06 bits per heavy atom. The number of rotatable bonds is 6. The Labute approximate surface area is 180 Å². The molecule has 10 nitrogen and oxygen atoms in total. The first kappa shape index (κ1) is 21.5. The van der Waals surface area contributed by atoms with Crippen molar-refractivity contribution in [3.8, 4) is 6.07 Å². The summed E-state index contributed by atoms with van der Waals surface area (Å²) in [6, 6.07) is 5.72. The number of esters is 1. The Bertz CT molecular complexity index is 1030. The smallest absolute Gasteiger partial charge is 0.309 e. The van der Waals surface area contributed by atoms with E-state index in [9.17, 15) is 10.1 Å². The highest BCUT2D eigenvalue weighted by Gasteiger charge is 2.65. The minimum absolute atomic E-state index is 0.0419. The zero-order chi connectivity index (χ0) is 22.4. The van der Waals surface area contributed by atoms with E-state index in [1.807, 2.05) is 13.8 Å². The fourth-order valence-corrected chi connectivity index (χ4v) is 4.37. The van der Waals surface area contributed by atoms with Crippen LogP contribution in [0.4, 0.5) is 5.82 Å². The quantitative estimate of drug-likeness (QED) is 0.683. The van der Waals surface area contributed by atoms with Gasteiger partial charge in [0.15, 0.2) is 11.6 Å². The van der Waals surface area contributed by atoms with Gasteiger partial charge in [0.2, 0.25) is 5.60 Å². The van der Waals surface area contributed by atoms with E-state index in [0.29, 0.717) is 24.1 Å². The molecule has 2 aromatic rings. The summed E-state index contributed by atoms with van der Waals surface area (Å²) in [5.41, 5.74) is 5.42. The van der Waals surface area contributed by atoms with Gasteiger partial charge in [-0.2, -0.15) is 10.4 Å². The van der Waals surface area contributed by atoms with E-state index in [1.54, 1.807) is 26.0 Å². The van der Waals surface area contributed by atoms with Crippen molar-refractivity contribution in [2.75, 3.05) is 12.3 Å². The van der Waals surface area contributed by atoms with E-state index in [1.165, 1.54) is 10.8 Å². The standard InChI is InChI=1S/C21H27N5O5/c1-5-12(6-2)19(27)28-9-14-16-17(31-20(3,4)30-16)21(10-22,29-14)15-8-7-13-18(23)24-11-25-26(13)15/h7-8,11-12,14,16-17H,5-6,9H2,1-4H3,(H2,23,24,25)/t14-,16-,17-,21+/m1/s1. The fourth-order valence-electron chi connectivity index (χ4n) is 4.37. The third-order valence-electron chi connectivity index (χ3n) is 5.97. The van der Waals surface area contributed by atoms with Crippen LogP contribution in [0.25, 0.3) is 5.52 Å². The molecule has 0 aliphatic carbocycles. The van der Waals surface area contributed by atoms with Crippen LogP contribution in [-0.2, 0) is 29.3 Å². The second kappa shape index (κ2) is 7.75. The highest BCUT2D eigenvalue weighted by atomic mass is 16.8. The molecular formula is C21H27N5O5. The molecule has 2 aliphatic rings. The molecular weight excluding hydrogens is 402 g/mol. The van der Waals surface area contributed by atoms with E-state index in [4.69, 9.17) is 24.7 Å². The van der Waals surface area contributed by atoms with Gasteiger partial charge < -0.3 is 24.7 Å². The Kier molecular flexibility index (Phi) is 5.37. The second-order valence-electron chi connectivity index (χ2n) is 8.33. The maximum Gasteiger partial charge on any atom is 0.309 e. The van der Waals surface area contributed by atoms with Crippen molar-refractivity contribution in [3.05, 3.63) is 24.2 Å². The van der Waals surface area contributed by atoms with Crippen molar-refractivity contribution in [1.82, 2.24) is 14.6 Å². The molecule has 2 aliphatic heterocycles. The number of aromatic nitrogens is 3. The Morgan fingerprint density at radius 1 is 1.32 bits per heavy atom. The predicted molar refractivity (Wildman–Crippen MR) is 108 cm³/mol. The van der Waals surface area contributed by atoms with Gasteiger partial charge in [-0.15, -0.1) is 0 Å². The first-order valence-electron chi connectivity index (χ1n) is 10.5. The van der Waals surface area contributed by atoms with Crippen molar-refractivity contribution in [2.24, 2.45) is 5.92 Å². The summed E-state index contributed by atoms with van der Waals surface area (Å²) in [7, 11) is 0. The van der Waals surface area contributed by atoms with Crippen molar-refractivity contribution in [3.63, 3.8) is 0 Å². The number of carbonyl (C=O) groups is 1. The number of hydrogen-bond acceptors (Lipinski definition) is 9. The van der Waals surface area contributed by atoms with Crippen molar-refractivity contribution < 1.29 is 23.7 Å². The van der Waals surface area contributed by atoms with Gasteiger partial charge in [-0.05, 0) is 38.8 Å². The van der Waals surface area contributed by atoms with Crippen molar-refractivity contribution in [2.45, 2.75) is 70.2 Å². The van der Waals surface area contributed by atoms with Crippen LogP contribution in [0.5, 0.6) is 0 Å². The molecule has 0 spiro atoms. The van der Waals surface area contributed by atoms with E-state index in [2.05, 4.69) is 16.2 Å². The van der Waals surface area contributed by atoms with Gasteiger partial charge in [-0.3, -0.25) is 4.79 Å². The normalized spacial score (nSPS) is 29.2. The number of hydrogen-bond donors (Lipinski definition) is 1. The van der Waals surface area contributed by atoms with Gasteiger partial charge in [-0.25, -0.2) is 9.50 Å². The highest BCUT2D eigenvalue weighted by Crippen LogP contribution is 2.49. The van der Waals surface area contributed by atoms with Crippen LogP contribution in [0.3, 0.4) is 0 Å². The third kappa shape index (κ3) is 3.43. The van der Waals surface area contributed by atoms with Gasteiger partial charge in [0.05, 0.1) is 11.6 Å². The summed E-state index contributed by atoms with van der Waals surface area (Å²) in [6.07, 6.45) is 0.661. The van der Waals surface area contributed by atoms with Gasteiger partial charge in [0, 0.05) is 0 Å². The van der Waals surface area contributed by atoms with Gasteiger partial charge in [0.25, 0.3) is 0 Å². The topological polar surface area (TPSA) is 134 Å². The van der Waals surface area contributed by atoms with E-state index in [0.717, 1.165) is 0 Å². The number of fused-ring (bicyclic) bond motifs is 2. The number of anilines is 1. The summed E-state index contributed by atoms with van der Waals surface area (Å²) in [5, 5.41) is 14.5. The molecule has 0 unspecified atom stereocenters. The van der Waals surface area contributed by atoms with Crippen LogP contribution in [0.2, 0.25) is 0 Å². The van der Waals surface area contributed by atoms with E-state index in [-0.39, 0.29) is 24.3 Å². The SMILES string of the molecule is CCC(CC)C(=O)OC[C@H]1O[C@@](C#N)(c2ccc3c(N)ncnn23)[C@@H]2OC(C)(C)O[C@@H]21. The maximum absolute atomic E-state index is 12.4. The molecule has 2 aromatic heterocycles. The molecule has 0 aromatic carbocycles.